The minimum atomic E-state index is -0.504. The number of likely N-dealkylation sites (N-methyl/N-ethyl adjacent to an activating group) is 1. The Kier molecular flexibility index (Phi) is 6.30. The Morgan fingerprint density at radius 2 is 1.85 bits per heavy atom. The Labute approximate surface area is 153 Å². The molecule has 1 atom stereocenters. The van der Waals surface area contributed by atoms with Crippen LogP contribution in [-0.2, 0) is 0 Å². The summed E-state index contributed by atoms with van der Waals surface area (Å²) in [7, 11) is 8.04. The summed E-state index contributed by atoms with van der Waals surface area (Å²) in [5.41, 5.74) is 2.43. The minimum absolute atomic E-state index is 0.0776. The zero-order valence-electron chi connectivity index (χ0n) is 15.5. The number of anilines is 1. The lowest BCUT2D eigenvalue weighted by atomic mass is 10.0. The molecule has 2 rings (SSSR count). The second-order valence-electron chi connectivity index (χ2n) is 6.63. The average Bonchev–Trinajstić information content (AvgIpc) is 2.62. The molecule has 2 N–H and O–H groups in total. The van der Waals surface area contributed by atoms with E-state index in [1.807, 2.05) is 45.2 Å². The molecule has 2 aromatic rings. The van der Waals surface area contributed by atoms with Crippen LogP contribution in [0.25, 0.3) is 0 Å². The summed E-state index contributed by atoms with van der Waals surface area (Å²) < 4.78 is 0. The summed E-state index contributed by atoms with van der Waals surface area (Å²) in [5, 5.41) is 13.7. The normalized spacial score (nSPS) is 11.9. The van der Waals surface area contributed by atoms with Gasteiger partial charge in [-0.1, -0.05) is 18.2 Å². The molecule has 2 aromatic carbocycles. The van der Waals surface area contributed by atoms with E-state index in [0.29, 0.717) is 6.54 Å². The van der Waals surface area contributed by atoms with Crippen LogP contribution in [-0.4, -0.2) is 45.6 Å². The molecule has 0 heterocycles. The number of carbonyl (C=O) groups excluding carboxylic acids is 1. The Hall–Kier alpha value is -2.93. The number of quaternary nitrogens is 1. The first-order valence-corrected chi connectivity index (χ1v) is 8.39. The molecule has 7 heteroatoms. The molecule has 0 saturated heterocycles. The standard InChI is InChI=1S/C19H24N4O3/c1-21(2)16-10-8-14(9-11-16)18(22(3)4)13-20-19(24)15-6-5-7-17(12-15)23(25)26/h5-12,18H,13H2,1-4H3,(H,20,24)/p+1/t18-/m0/s1. The van der Waals surface area contributed by atoms with E-state index in [1.54, 1.807) is 6.07 Å². The van der Waals surface area contributed by atoms with Crippen molar-refractivity contribution in [3.05, 3.63) is 69.8 Å². The van der Waals surface area contributed by atoms with Gasteiger partial charge >= 0.3 is 0 Å². The molecular weight excluding hydrogens is 332 g/mol. The van der Waals surface area contributed by atoms with Gasteiger partial charge in [0.05, 0.1) is 25.6 Å². The molecule has 0 fully saturated rings. The zero-order chi connectivity index (χ0) is 19.3. The highest BCUT2D eigenvalue weighted by atomic mass is 16.6. The van der Waals surface area contributed by atoms with Gasteiger partial charge in [-0.05, 0) is 18.2 Å². The van der Waals surface area contributed by atoms with Crippen LogP contribution in [0.4, 0.5) is 11.4 Å². The van der Waals surface area contributed by atoms with Gasteiger partial charge < -0.3 is 15.1 Å². The summed E-state index contributed by atoms with van der Waals surface area (Å²) in [6, 6.07) is 14.1. The second kappa shape index (κ2) is 8.44. The summed E-state index contributed by atoms with van der Waals surface area (Å²) in [5.74, 6) is -0.315. The third-order valence-electron chi connectivity index (χ3n) is 4.29. The fraction of sp³-hybridized carbons (Fsp3) is 0.316. The molecule has 0 bridgehead atoms. The number of benzene rings is 2. The number of hydrogen-bond acceptors (Lipinski definition) is 4. The first-order chi connectivity index (χ1) is 12.3. The van der Waals surface area contributed by atoms with Crippen LogP contribution >= 0.6 is 0 Å². The summed E-state index contributed by atoms with van der Waals surface area (Å²) in [4.78, 5) is 25.9. The molecule has 1 amide bonds. The molecule has 0 aliphatic carbocycles. The van der Waals surface area contributed by atoms with Crippen LogP contribution in [0.1, 0.15) is 22.0 Å². The van der Waals surface area contributed by atoms with E-state index in [9.17, 15) is 14.9 Å². The number of nitrogens with one attached hydrogen (secondary N) is 2. The van der Waals surface area contributed by atoms with Crippen LogP contribution in [0, 0.1) is 10.1 Å². The highest BCUT2D eigenvalue weighted by Crippen LogP contribution is 2.17. The maximum Gasteiger partial charge on any atom is 0.270 e. The number of hydrogen-bond donors (Lipinski definition) is 2. The van der Waals surface area contributed by atoms with Crippen molar-refractivity contribution >= 4 is 17.3 Å². The molecule has 0 unspecified atom stereocenters. The Bertz CT molecular complexity index is 773. The van der Waals surface area contributed by atoms with E-state index in [4.69, 9.17) is 0 Å². The zero-order valence-corrected chi connectivity index (χ0v) is 15.5. The lowest BCUT2D eigenvalue weighted by Crippen LogP contribution is -3.07. The fourth-order valence-electron chi connectivity index (χ4n) is 2.72. The first-order valence-electron chi connectivity index (χ1n) is 8.39. The van der Waals surface area contributed by atoms with Gasteiger partial charge in [-0.2, -0.15) is 0 Å². The minimum Gasteiger partial charge on any atom is -0.378 e. The van der Waals surface area contributed by atoms with E-state index in [2.05, 4.69) is 17.4 Å². The molecule has 0 aliphatic rings. The van der Waals surface area contributed by atoms with Crippen LogP contribution < -0.4 is 15.1 Å². The monoisotopic (exact) mass is 357 g/mol. The predicted octanol–water partition coefficient (Wildman–Crippen LogP) is 1.28. The van der Waals surface area contributed by atoms with Gasteiger partial charge in [0, 0.05) is 43.0 Å². The van der Waals surface area contributed by atoms with Crippen LogP contribution in [0.5, 0.6) is 0 Å². The Balaban J connectivity index is 2.09. The maximum atomic E-state index is 12.4. The van der Waals surface area contributed by atoms with E-state index in [1.165, 1.54) is 23.1 Å². The maximum absolute atomic E-state index is 12.4. The van der Waals surface area contributed by atoms with E-state index >= 15 is 0 Å². The van der Waals surface area contributed by atoms with Crippen molar-refractivity contribution < 1.29 is 14.6 Å². The van der Waals surface area contributed by atoms with Gasteiger partial charge in [0.2, 0.25) is 0 Å². The van der Waals surface area contributed by atoms with Gasteiger partial charge in [-0.25, -0.2) is 0 Å². The largest absolute Gasteiger partial charge is 0.378 e. The van der Waals surface area contributed by atoms with Gasteiger partial charge in [0.15, 0.2) is 0 Å². The highest BCUT2D eigenvalue weighted by molar-refractivity contribution is 5.94. The number of amides is 1. The molecular formula is C19H25N4O3+. The van der Waals surface area contributed by atoms with Gasteiger partial charge in [0.25, 0.3) is 11.6 Å². The van der Waals surface area contributed by atoms with Crippen LogP contribution in [0.2, 0.25) is 0 Å². The van der Waals surface area contributed by atoms with Crippen molar-refractivity contribution in [2.24, 2.45) is 0 Å². The molecule has 0 spiro atoms. The number of nitro benzene ring substituents is 1. The lowest BCUT2D eigenvalue weighted by molar-refractivity contribution is -0.890. The van der Waals surface area contributed by atoms with Gasteiger partial charge in [-0.3, -0.25) is 14.9 Å². The number of nitro groups is 1. The number of rotatable bonds is 7. The summed E-state index contributed by atoms with van der Waals surface area (Å²) in [6.07, 6.45) is 0. The van der Waals surface area contributed by atoms with Crippen molar-refractivity contribution in [3.63, 3.8) is 0 Å². The highest BCUT2D eigenvalue weighted by Gasteiger charge is 2.20. The third kappa shape index (κ3) is 4.80. The smallest absolute Gasteiger partial charge is 0.270 e. The van der Waals surface area contributed by atoms with E-state index in [0.717, 1.165) is 11.3 Å². The third-order valence-corrected chi connectivity index (χ3v) is 4.29. The number of nitrogens with zero attached hydrogens (tertiary/aromatic N) is 2. The predicted molar refractivity (Wildman–Crippen MR) is 102 cm³/mol. The lowest BCUT2D eigenvalue weighted by Gasteiger charge is -2.23. The van der Waals surface area contributed by atoms with Crippen molar-refractivity contribution in [2.75, 3.05) is 39.6 Å². The first kappa shape index (κ1) is 19.4. The molecule has 0 saturated carbocycles. The Morgan fingerprint density at radius 1 is 1.19 bits per heavy atom. The van der Waals surface area contributed by atoms with Crippen molar-refractivity contribution in [1.29, 1.82) is 0 Å². The summed E-state index contributed by atoms with van der Waals surface area (Å²) >= 11 is 0. The van der Waals surface area contributed by atoms with E-state index < -0.39 is 4.92 Å². The Morgan fingerprint density at radius 3 is 2.38 bits per heavy atom. The number of non-ortho nitro benzene ring substituents is 1. The molecule has 7 nitrogen and oxygen atoms in total. The SMILES string of the molecule is CN(C)c1ccc([C@H](CNC(=O)c2cccc([N+](=O)[O-])c2)[NH+](C)C)cc1. The quantitative estimate of drug-likeness (QED) is 0.578. The van der Waals surface area contributed by atoms with Crippen molar-refractivity contribution in [3.8, 4) is 0 Å². The topological polar surface area (TPSA) is 79.9 Å². The molecule has 0 aromatic heterocycles. The second-order valence-corrected chi connectivity index (χ2v) is 6.63. The molecule has 138 valence electrons. The van der Waals surface area contributed by atoms with Gasteiger partial charge in [0.1, 0.15) is 6.04 Å². The van der Waals surface area contributed by atoms with E-state index in [-0.39, 0.29) is 23.2 Å². The average molecular weight is 357 g/mol. The molecule has 0 aliphatic heterocycles. The van der Waals surface area contributed by atoms with Gasteiger partial charge in [-0.15, -0.1) is 0 Å². The van der Waals surface area contributed by atoms with Crippen LogP contribution in [0.15, 0.2) is 48.5 Å². The number of carbonyl (C=O) groups is 1. The molecule has 26 heavy (non-hydrogen) atoms. The van der Waals surface area contributed by atoms with Crippen molar-refractivity contribution in [1.82, 2.24) is 5.32 Å². The summed E-state index contributed by atoms with van der Waals surface area (Å²) in [6.45, 7) is 0.436. The van der Waals surface area contributed by atoms with Crippen molar-refractivity contribution in [2.45, 2.75) is 6.04 Å². The van der Waals surface area contributed by atoms with Crippen LogP contribution in [0.3, 0.4) is 0 Å². The molecule has 0 radical (unpaired) electrons. The fourth-order valence-corrected chi connectivity index (χ4v) is 2.72.